The van der Waals surface area contributed by atoms with Crippen molar-refractivity contribution in [3.8, 4) is 0 Å². The number of hydrogen-bond acceptors (Lipinski definition) is 4. The molecule has 172 valence electrons. The van der Waals surface area contributed by atoms with Gasteiger partial charge in [0, 0.05) is 0 Å². The van der Waals surface area contributed by atoms with Crippen molar-refractivity contribution < 1.29 is 18.5 Å². The van der Waals surface area contributed by atoms with Crippen molar-refractivity contribution in [1.82, 2.24) is 5.32 Å². The van der Waals surface area contributed by atoms with Crippen LogP contribution in [0.25, 0.3) is 0 Å². The first-order valence-electron chi connectivity index (χ1n) is 10.8. The van der Waals surface area contributed by atoms with E-state index in [1.165, 1.54) is 0 Å². The average Bonchev–Trinajstić information content (AvgIpc) is 3.03. The van der Waals surface area contributed by atoms with E-state index in [0.29, 0.717) is 6.42 Å². The zero-order chi connectivity index (χ0) is 23.4. The van der Waals surface area contributed by atoms with Crippen LogP contribution in [-0.4, -0.2) is 26.1 Å². The van der Waals surface area contributed by atoms with E-state index in [2.05, 4.69) is 61.3 Å². The number of carbonyl (C=O) groups is 1. The summed E-state index contributed by atoms with van der Waals surface area (Å²) in [5, 5.41) is 6.33. The highest BCUT2D eigenvalue weighted by Gasteiger charge is 2.44. The van der Waals surface area contributed by atoms with Gasteiger partial charge in [0.2, 0.25) is 0 Å². The second-order valence-corrected chi connectivity index (χ2v) is 16.3. The van der Waals surface area contributed by atoms with Gasteiger partial charge in [-0.1, -0.05) is 62.4 Å². The molecule has 0 saturated heterocycles. The Morgan fingerprint density at radius 1 is 1.13 bits per heavy atom. The van der Waals surface area contributed by atoms with E-state index in [0.717, 1.165) is 10.6 Å². The molecule has 1 N–H and O–H groups in total. The van der Waals surface area contributed by atoms with Crippen molar-refractivity contribution in [1.29, 1.82) is 0 Å². The molecule has 0 aliphatic heterocycles. The van der Waals surface area contributed by atoms with Gasteiger partial charge in [-0.05, 0) is 50.9 Å². The minimum atomic E-state index is -2.12. The fourth-order valence-corrected chi connectivity index (χ4v) is 5.28. The number of benzene rings is 1. The molecular formula is C24H39N2O3SSi+. The summed E-state index contributed by atoms with van der Waals surface area (Å²) in [5.41, 5.74) is 0.580. The zero-order valence-electron chi connectivity index (χ0n) is 20.5. The number of alkyl carbamates (subject to hydrolysis) is 1. The average molecular weight is 464 g/mol. The number of aromatic nitrogens is 1. The van der Waals surface area contributed by atoms with Gasteiger partial charge < -0.3 is 14.5 Å². The Hall–Kier alpha value is -1.70. The molecule has 1 amide bonds. The lowest BCUT2D eigenvalue weighted by Gasteiger charge is -2.40. The number of amides is 1. The molecule has 0 fully saturated rings. The van der Waals surface area contributed by atoms with Crippen molar-refractivity contribution in [2.24, 2.45) is 7.05 Å². The summed E-state index contributed by atoms with van der Waals surface area (Å²) >= 11 is 1.66. The SMILES string of the molecule is C[n+]1ccsc1[C@@H](O[Si](C)(C)C(C)(C)C)[C@H](Cc1ccccc1)NC(=O)OC(C)(C)C. The molecule has 0 unspecified atom stereocenters. The summed E-state index contributed by atoms with van der Waals surface area (Å²) in [6, 6.07) is 9.95. The van der Waals surface area contributed by atoms with E-state index in [9.17, 15) is 4.79 Å². The maximum Gasteiger partial charge on any atom is 0.407 e. The Bertz CT molecular complexity index is 854. The minimum absolute atomic E-state index is 0.0459. The highest BCUT2D eigenvalue weighted by atomic mass is 32.1. The fourth-order valence-electron chi connectivity index (χ4n) is 2.98. The van der Waals surface area contributed by atoms with E-state index in [4.69, 9.17) is 9.16 Å². The van der Waals surface area contributed by atoms with Crippen molar-refractivity contribution in [2.45, 2.75) is 83.8 Å². The third kappa shape index (κ3) is 7.44. The summed E-state index contributed by atoms with van der Waals surface area (Å²) < 4.78 is 14.6. The largest absolute Gasteiger partial charge is 0.444 e. The molecule has 0 bridgehead atoms. The lowest BCUT2D eigenvalue weighted by atomic mass is 10.0. The number of ether oxygens (including phenoxy) is 1. The molecule has 7 heteroatoms. The van der Waals surface area contributed by atoms with Crippen molar-refractivity contribution >= 4 is 25.7 Å². The standard InChI is InChI=1S/C24H38N2O3SSi/c1-23(2,3)28-22(27)25-19(17-18-13-11-10-12-14-18)20(21-26(7)15-16-30-21)29-31(8,9)24(4,5)6/h10-16,19-20H,17H2,1-9H3/p+1/t19-,20-/m0/s1. The summed E-state index contributed by atoms with van der Waals surface area (Å²) in [6.07, 6.45) is 1.99. The molecule has 5 nitrogen and oxygen atoms in total. The van der Waals surface area contributed by atoms with Crippen molar-refractivity contribution in [3.63, 3.8) is 0 Å². The Morgan fingerprint density at radius 3 is 2.23 bits per heavy atom. The van der Waals surface area contributed by atoms with Gasteiger partial charge in [0.1, 0.15) is 12.6 Å². The molecule has 0 aliphatic carbocycles. The maximum atomic E-state index is 12.8. The fraction of sp³-hybridized carbons (Fsp3) is 0.583. The van der Waals surface area contributed by atoms with E-state index in [-0.39, 0.29) is 17.2 Å². The predicted octanol–water partition coefficient (Wildman–Crippen LogP) is 5.77. The first kappa shape index (κ1) is 25.6. The Morgan fingerprint density at radius 2 is 1.74 bits per heavy atom. The predicted molar refractivity (Wildman–Crippen MR) is 130 cm³/mol. The molecule has 0 saturated carbocycles. The van der Waals surface area contributed by atoms with E-state index in [1.54, 1.807) is 11.3 Å². The Balaban J connectivity index is 2.46. The molecule has 2 aromatic rings. The topological polar surface area (TPSA) is 51.4 Å². The van der Waals surface area contributed by atoms with Crippen molar-refractivity contribution in [2.75, 3.05) is 0 Å². The highest BCUT2D eigenvalue weighted by molar-refractivity contribution is 7.09. The normalized spacial score (nSPS) is 14.7. The first-order valence-corrected chi connectivity index (χ1v) is 14.6. The zero-order valence-corrected chi connectivity index (χ0v) is 22.3. The van der Waals surface area contributed by atoms with Gasteiger partial charge in [0.15, 0.2) is 20.6 Å². The molecule has 1 aromatic heterocycles. The van der Waals surface area contributed by atoms with Gasteiger partial charge >= 0.3 is 6.09 Å². The molecular weight excluding hydrogens is 424 g/mol. The van der Waals surface area contributed by atoms with Gasteiger partial charge in [-0.2, -0.15) is 4.57 Å². The van der Waals surface area contributed by atoms with E-state index < -0.39 is 20.0 Å². The van der Waals surface area contributed by atoms with Crippen LogP contribution in [0.2, 0.25) is 18.1 Å². The monoisotopic (exact) mass is 463 g/mol. The molecule has 0 radical (unpaired) electrons. The van der Waals surface area contributed by atoms with Gasteiger partial charge in [-0.15, -0.1) is 0 Å². The number of nitrogens with zero attached hydrogens (tertiary/aromatic N) is 1. The van der Waals surface area contributed by atoms with Gasteiger partial charge in [-0.25, -0.2) is 4.79 Å². The Kier molecular flexibility index (Phi) is 8.11. The first-order chi connectivity index (χ1) is 14.2. The third-order valence-corrected chi connectivity index (χ3v) is 11.1. The number of carbonyl (C=O) groups excluding carboxylic acids is 1. The lowest BCUT2D eigenvalue weighted by Crippen LogP contribution is -2.51. The quantitative estimate of drug-likeness (QED) is 0.419. The smallest absolute Gasteiger partial charge is 0.407 e. The van der Waals surface area contributed by atoms with Crippen LogP contribution in [0.3, 0.4) is 0 Å². The van der Waals surface area contributed by atoms with Crippen LogP contribution in [0.1, 0.15) is 58.2 Å². The van der Waals surface area contributed by atoms with Crippen LogP contribution in [-0.2, 0) is 22.6 Å². The lowest BCUT2D eigenvalue weighted by molar-refractivity contribution is -0.677. The number of thiazole rings is 1. The number of hydrogen-bond donors (Lipinski definition) is 1. The van der Waals surface area contributed by atoms with Crippen LogP contribution in [0.4, 0.5) is 4.79 Å². The van der Waals surface area contributed by atoms with Crippen LogP contribution in [0.15, 0.2) is 41.9 Å². The van der Waals surface area contributed by atoms with Gasteiger partial charge in [-0.3, -0.25) is 0 Å². The molecule has 2 rings (SSSR count). The van der Waals surface area contributed by atoms with Crippen LogP contribution < -0.4 is 9.88 Å². The van der Waals surface area contributed by atoms with E-state index >= 15 is 0 Å². The summed E-state index contributed by atoms with van der Waals surface area (Å²) in [7, 11) is -0.0950. The third-order valence-electron chi connectivity index (χ3n) is 5.66. The maximum absolute atomic E-state index is 12.8. The molecule has 0 aliphatic rings. The number of nitrogens with one attached hydrogen (secondary N) is 1. The van der Waals surface area contributed by atoms with Gasteiger partial charge in [0.05, 0.1) is 11.4 Å². The molecule has 1 aromatic carbocycles. The number of aryl methyl sites for hydroxylation is 1. The van der Waals surface area contributed by atoms with Crippen LogP contribution in [0.5, 0.6) is 0 Å². The second-order valence-electron chi connectivity index (χ2n) is 10.6. The summed E-state index contributed by atoms with van der Waals surface area (Å²) in [6.45, 7) is 16.8. The van der Waals surface area contributed by atoms with Gasteiger partial charge in [0.25, 0.3) is 5.01 Å². The van der Waals surface area contributed by atoms with Crippen LogP contribution >= 0.6 is 11.3 Å². The molecule has 1 heterocycles. The molecule has 31 heavy (non-hydrogen) atoms. The summed E-state index contributed by atoms with van der Waals surface area (Å²) in [5.74, 6) is 0. The molecule has 0 spiro atoms. The minimum Gasteiger partial charge on any atom is -0.444 e. The van der Waals surface area contributed by atoms with Crippen molar-refractivity contribution in [3.05, 3.63) is 52.5 Å². The van der Waals surface area contributed by atoms with Crippen LogP contribution in [0, 0.1) is 0 Å². The summed E-state index contributed by atoms with van der Waals surface area (Å²) in [4.78, 5) is 12.8. The van der Waals surface area contributed by atoms with E-state index in [1.807, 2.05) is 52.2 Å². The second kappa shape index (κ2) is 9.84. The highest BCUT2D eigenvalue weighted by Crippen LogP contribution is 2.41. The molecule has 2 atom stereocenters. The Labute approximate surface area is 192 Å². The number of rotatable bonds is 7.